The van der Waals surface area contributed by atoms with Gasteiger partial charge in [-0.25, -0.2) is 9.89 Å². The molecule has 0 spiro atoms. The van der Waals surface area contributed by atoms with E-state index in [-0.39, 0.29) is 11.7 Å². The first-order chi connectivity index (χ1) is 8.22. The van der Waals surface area contributed by atoms with Gasteiger partial charge in [0.15, 0.2) is 5.16 Å². The number of H-pyrrole nitrogens is 1. The van der Waals surface area contributed by atoms with Crippen LogP contribution < -0.4 is 11.0 Å². The Balaban J connectivity index is 2.55. The topological polar surface area (TPSA) is 71.9 Å². The third kappa shape index (κ3) is 4.18. The van der Waals surface area contributed by atoms with Crippen molar-refractivity contribution in [3.05, 3.63) is 10.5 Å². The summed E-state index contributed by atoms with van der Waals surface area (Å²) in [5, 5.41) is 10.5. The fourth-order valence-corrected chi connectivity index (χ4v) is 2.57. The number of hydrogen-bond donors (Lipinski definition) is 2. The Bertz CT molecular complexity index is 371. The summed E-state index contributed by atoms with van der Waals surface area (Å²) in [7, 11) is 1.69. The lowest BCUT2D eigenvalue weighted by Crippen LogP contribution is -2.35. The van der Waals surface area contributed by atoms with Crippen LogP contribution in [-0.4, -0.2) is 46.8 Å². The van der Waals surface area contributed by atoms with Crippen molar-refractivity contribution in [3.63, 3.8) is 0 Å². The lowest BCUT2D eigenvalue weighted by molar-refractivity contribution is 0.174. The van der Waals surface area contributed by atoms with E-state index in [1.165, 1.54) is 0 Å². The number of hydrogen-bond acceptors (Lipinski definition) is 5. The summed E-state index contributed by atoms with van der Waals surface area (Å²) in [4.78, 5) is 11.4. The summed E-state index contributed by atoms with van der Waals surface area (Å²) in [5.74, 6) is 0.825. The largest absolute Gasteiger partial charge is 0.383 e. The van der Waals surface area contributed by atoms with Gasteiger partial charge in [0.2, 0.25) is 0 Å². The minimum Gasteiger partial charge on any atom is -0.383 e. The summed E-state index contributed by atoms with van der Waals surface area (Å²) < 4.78 is 6.76. The Morgan fingerprint density at radius 1 is 1.59 bits per heavy atom. The van der Waals surface area contributed by atoms with Crippen LogP contribution in [0.4, 0.5) is 0 Å². The van der Waals surface area contributed by atoms with Gasteiger partial charge in [-0.15, -0.1) is 5.10 Å². The SMILES string of the molecule is CCNC(COC)CSc1n[nH]c(=O)n1CC. The molecule has 1 aromatic heterocycles. The molecule has 1 aromatic rings. The van der Waals surface area contributed by atoms with Gasteiger partial charge in [0.1, 0.15) is 0 Å². The van der Waals surface area contributed by atoms with Crippen molar-refractivity contribution in [2.45, 2.75) is 31.6 Å². The minimum atomic E-state index is -0.151. The molecule has 1 rings (SSSR count). The van der Waals surface area contributed by atoms with Gasteiger partial charge >= 0.3 is 5.69 Å². The highest BCUT2D eigenvalue weighted by atomic mass is 32.2. The zero-order chi connectivity index (χ0) is 12.7. The maximum Gasteiger partial charge on any atom is 0.343 e. The Morgan fingerprint density at radius 3 is 2.94 bits per heavy atom. The molecule has 0 fully saturated rings. The van der Waals surface area contributed by atoms with E-state index in [4.69, 9.17) is 4.74 Å². The van der Waals surface area contributed by atoms with Gasteiger partial charge in [-0.3, -0.25) is 4.57 Å². The molecule has 0 aliphatic carbocycles. The van der Waals surface area contributed by atoms with Crippen LogP contribution in [-0.2, 0) is 11.3 Å². The number of likely N-dealkylation sites (N-methyl/N-ethyl adjacent to an activating group) is 1. The lowest BCUT2D eigenvalue weighted by atomic mass is 10.3. The summed E-state index contributed by atoms with van der Waals surface area (Å²) in [6.07, 6.45) is 0. The molecule has 0 aliphatic rings. The van der Waals surface area contributed by atoms with Crippen LogP contribution in [0, 0.1) is 0 Å². The number of rotatable bonds is 8. The molecular formula is C10H20N4O2S. The van der Waals surface area contributed by atoms with Gasteiger partial charge in [0.05, 0.1) is 6.61 Å². The molecule has 0 aliphatic heterocycles. The van der Waals surface area contributed by atoms with Gasteiger partial charge in [0.25, 0.3) is 0 Å². The summed E-state index contributed by atoms with van der Waals surface area (Å²) in [6.45, 7) is 6.17. The number of aromatic nitrogens is 3. The second-order valence-corrected chi connectivity index (χ2v) is 4.56. The van der Waals surface area contributed by atoms with Gasteiger partial charge in [-0.05, 0) is 13.5 Å². The molecule has 2 N–H and O–H groups in total. The van der Waals surface area contributed by atoms with Crippen molar-refractivity contribution in [2.24, 2.45) is 0 Å². The molecule has 98 valence electrons. The van der Waals surface area contributed by atoms with Crippen LogP contribution in [0.1, 0.15) is 13.8 Å². The van der Waals surface area contributed by atoms with Gasteiger partial charge < -0.3 is 10.1 Å². The third-order valence-electron chi connectivity index (χ3n) is 2.31. The molecule has 0 bridgehead atoms. The van der Waals surface area contributed by atoms with E-state index >= 15 is 0 Å². The van der Waals surface area contributed by atoms with E-state index in [0.29, 0.717) is 13.2 Å². The monoisotopic (exact) mass is 260 g/mol. The van der Waals surface area contributed by atoms with Crippen LogP contribution in [0.2, 0.25) is 0 Å². The number of ether oxygens (including phenoxy) is 1. The molecule has 7 heteroatoms. The van der Waals surface area contributed by atoms with Crippen LogP contribution in [0.5, 0.6) is 0 Å². The fourth-order valence-electron chi connectivity index (χ4n) is 1.52. The normalized spacial score (nSPS) is 12.9. The average Bonchev–Trinajstić information content (AvgIpc) is 2.67. The van der Waals surface area contributed by atoms with Crippen molar-refractivity contribution in [3.8, 4) is 0 Å². The zero-order valence-corrected chi connectivity index (χ0v) is 11.3. The second kappa shape index (κ2) is 7.52. The highest BCUT2D eigenvalue weighted by Gasteiger charge is 2.11. The Kier molecular flexibility index (Phi) is 6.31. The number of methoxy groups -OCH3 is 1. The quantitative estimate of drug-likeness (QED) is 0.658. The molecule has 0 saturated heterocycles. The molecule has 0 saturated carbocycles. The number of thioether (sulfide) groups is 1. The van der Waals surface area contributed by atoms with Crippen LogP contribution >= 0.6 is 11.8 Å². The molecule has 0 aromatic carbocycles. The van der Waals surface area contributed by atoms with Crippen LogP contribution in [0.15, 0.2) is 9.95 Å². The van der Waals surface area contributed by atoms with Crippen LogP contribution in [0.25, 0.3) is 0 Å². The molecule has 6 nitrogen and oxygen atoms in total. The Hall–Kier alpha value is -0.790. The van der Waals surface area contributed by atoms with Gasteiger partial charge in [-0.2, -0.15) is 0 Å². The predicted octanol–water partition coefficient (Wildman–Crippen LogP) is 0.308. The average molecular weight is 260 g/mol. The third-order valence-corrected chi connectivity index (χ3v) is 3.45. The zero-order valence-electron chi connectivity index (χ0n) is 10.5. The van der Waals surface area contributed by atoms with E-state index < -0.39 is 0 Å². The first-order valence-electron chi connectivity index (χ1n) is 5.73. The Morgan fingerprint density at radius 2 is 2.35 bits per heavy atom. The highest BCUT2D eigenvalue weighted by molar-refractivity contribution is 7.99. The Labute approximate surface area is 105 Å². The van der Waals surface area contributed by atoms with E-state index in [1.807, 2.05) is 6.92 Å². The second-order valence-electron chi connectivity index (χ2n) is 3.58. The number of nitrogens with one attached hydrogen (secondary N) is 2. The summed E-state index contributed by atoms with van der Waals surface area (Å²) in [5.41, 5.74) is -0.151. The fraction of sp³-hybridized carbons (Fsp3) is 0.800. The van der Waals surface area contributed by atoms with E-state index in [2.05, 4.69) is 22.4 Å². The smallest absolute Gasteiger partial charge is 0.343 e. The first-order valence-corrected chi connectivity index (χ1v) is 6.71. The van der Waals surface area contributed by atoms with Crippen molar-refractivity contribution in [1.29, 1.82) is 0 Å². The van der Waals surface area contributed by atoms with E-state index in [1.54, 1.807) is 23.4 Å². The molecule has 17 heavy (non-hydrogen) atoms. The standard InChI is InChI=1S/C10H20N4O2S/c1-4-11-8(6-16-3)7-17-10-13-12-9(15)14(10)5-2/h8,11H,4-7H2,1-3H3,(H,12,15). The van der Waals surface area contributed by atoms with Crippen molar-refractivity contribution in [2.75, 3.05) is 26.0 Å². The summed E-state index contributed by atoms with van der Waals surface area (Å²) >= 11 is 1.56. The van der Waals surface area contributed by atoms with Crippen molar-refractivity contribution < 1.29 is 4.74 Å². The highest BCUT2D eigenvalue weighted by Crippen LogP contribution is 2.14. The first kappa shape index (κ1) is 14.3. The van der Waals surface area contributed by atoms with Crippen LogP contribution in [0.3, 0.4) is 0 Å². The molecule has 1 unspecified atom stereocenters. The summed E-state index contributed by atoms with van der Waals surface area (Å²) in [6, 6.07) is 0.270. The maximum atomic E-state index is 11.4. The maximum absolute atomic E-state index is 11.4. The predicted molar refractivity (Wildman–Crippen MR) is 68.6 cm³/mol. The number of nitrogens with zero attached hydrogens (tertiary/aromatic N) is 2. The molecule has 0 radical (unpaired) electrons. The molecule has 1 atom stereocenters. The van der Waals surface area contributed by atoms with Gasteiger partial charge in [-0.1, -0.05) is 18.7 Å². The minimum absolute atomic E-state index is 0.151. The molecular weight excluding hydrogens is 240 g/mol. The van der Waals surface area contributed by atoms with Crippen molar-refractivity contribution in [1.82, 2.24) is 20.1 Å². The molecule has 0 amide bonds. The molecule has 1 heterocycles. The number of aromatic amines is 1. The van der Waals surface area contributed by atoms with E-state index in [0.717, 1.165) is 17.5 Å². The van der Waals surface area contributed by atoms with Gasteiger partial charge in [0, 0.05) is 25.4 Å². The lowest BCUT2D eigenvalue weighted by Gasteiger charge is -2.15. The van der Waals surface area contributed by atoms with E-state index in [9.17, 15) is 4.79 Å². The van der Waals surface area contributed by atoms with Crippen molar-refractivity contribution >= 4 is 11.8 Å².